The number of nitrogens with zero attached hydrogens (tertiary/aromatic N) is 4. The van der Waals surface area contributed by atoms with E-state index in [0.29, 0.717) is 19.1 Å². The zero-order valence-electron chi connectivity index (χ0n) is 14.9. The lowest BCUT2D eigenvalue weighted by molar-refractivity contribution is 0.131. The Hall–Kier alpha value is -2.47. The number of aromatic nitrogens is 4. The number of nitrogens with one attached hydrogen (secondary N) is 1. The molecule has 0 radical (unpaired) electrons. The van der Waals surface area contributed by atoms with Crippen LogP contribution in [-0.2, 0) is 11.3 Å². The van der Waals surface area contributed by atoms with Crippen LogP contribution in [0.4, 0.5) is 5.82 Å². The fraction of sp³-hybridized carbons (Fsp3) is 0.421. The van der Waals surface area contributed by atoms with Gasteiger partial charge in [0.1, 0.15) is 5.82 Å². The monoisotopic (exact) mass is 337 g/mol. The SMILES string of the molecule is CCOCc1cc(-c2ccc(N(C)C)nc2)c2c(C3CC3)[nH]nc2n1. The fourth-order valence-corrected chi connectivity index (χ4v) is 3.08. The van der Waals surface area contributed by atoms with Gasteiger partial charge in [-0.25, -0.2) is 9.97 Å². The minimum Gasteiger partial charge on any atom is -0.375 e. The van der Waals surface area contributed by atoms with Gasteiger partial charge in [-0.1, -0.05) is 0 Å². The van der Waals surface area contributed by atoms with Crippen molar-refractivity contribution in [2.45, 2.75) is 32.3 Å². The van der Waals surface area contributed by atoms with Gasteiger partial charge in [0, 0.05) is 44.1 Å². The summed E-state index contributed by atoms with van der Waals surface area (Å²) in [5.41, 5.74) is 5.09. The Kier molecular flexibility index (Phi) is 4.13. The number of rotatable bonds is 6. The van der Waals surface area contributed by atoms with Crippen LogP contribution in [-0.4, -0.2) is 40.9 Å². The van der Waals surface area contributed by atoms with E-state index in [1.165, 1.54) is 18.5 Å². The molecule has 0 unspecified atom stereocenters. The first kappa shape index (κ1) is 16.0. The molecule has 6 heteroatoms. The molecule has 3 aromatic heterocycles. The molecule has 6 nitrogen and oxygen atoms in total. The molecule has 1 aliphatic carbocycles. The van der Waals surface area contributed by atoms with Gasteiger partial charge >= 0.3 is 0 Å². The van der Waals surface area contributed by atoms with E-state index in [0.717, 1.165) is 33.7 Å². The van der Waals surface area contributed by atoms with Crippen LogP contribution in [0.2, 0.25) is 0 Å². The van der Waals surface area contributed by atoms with Crippen molar-refractivity contribution in [3.63, 3.8) is 0 Å². The number of pyridine rings is 2. The van der Waals surface area contributed by atoms with Gasteiger partial charge in [-0.05, 0) is 43.5 Å². The zero-order chi connectivity index (χ0) is 17.4. The maximum Gasteiger partial charge on any atom is 0.182 e. The van der Waals surface area contributed by atoms with Gasteiger partial charge in [-0.15, -0.1) is 0 Å². The molecule has 0 spiro atoms. The van der Waals surface area contributed by atoms with Crippen LogP contribution in [0, 0.1) is 0 Å². The van der Waals surface area contributed by atoms with E-state index in [1.54, 1.807) is 0 Å². The quantitative estimate of drug-likeness (QED) is 0.746. The van der Waals surface area contributed by atoms with Crippen molar-refractivity contribution in [3.05, 3.63) is 35.8 Å². The third-order valence-electron chi connectivity index (χ3n) is 4.56. The zero-order valence-corrected chi connectivity index (χ0v) is 14.9. The van der Waals surface area contributed by atoms with Crippen molar-refractivity contribution in [1.82, 2.24) is 20.2 Å². The normalized spacial score (nSPS) is 14.2. The van der Waals surface area contributed by atoms with Gasteiger partial charge in [0.25, 0.3) is 0 Å². The topological polar surface area (TPSA) is 66.9 Å². The molecule has 0 amide bonds. The minimum atomic E-state index is 0.494. The van der Waals surface area contributed by atoms with Crippen molar-refractivity contribution >= 4 is 16.9 Å². The summed E-state index contributed by atoms with van der Waals surface area (Å²) in [7, 11) is 3.99. The molecule has 3 aromatic rings. The molecule has 0 atom stereocenters. The van der Waals surface area contributed by atoms with Crippen LogP contribution < -0.4 is 4.90 Å². The van der Waals surface area contributed by atoms with E-state index in [4.69, 9.17) is 4.74 Å². The second-order valence-electron chi connectivity index (χ2n) is 6.71. The van der Waals surface area contributed by atoms with E-state index in [2.05, 4.69) is 32.3 Å². The molecule has 3 heterocycles. The molecule has 4 rings (SSSR count). The van der Waals surface area contributed by atoms with E-state index in [9.17, 15) is 0 Å². The predicted octanol–water partition coefficient (Wildman–Crippen LogP) is 3.50. The van der Waals surface area contributed by atoms with Crippen molar-refractivity contribution in [1.29, 1.82) is 0 Å². The first-order chi connectivity index (χ1) is 12.2. The summed E-state index contributed by atoms with van der Waals surface area (Å²) in [5, 5.41) is 8.80. The molecule has 0 aromatic carbocycles. The summed E-state index contributed by atoms with van der Waals surface area (Å²) >= 11 is 0. The van der Waals surface area contributed by atoms with Gasteiger partial charge in [-0.2, -0.15) is 5.10 Å². The lowest BCUT2D eigenvalue weighted by Gasteiger charge is -2.12. The van der Waals surface area contributed by atoms with Gasteiger partial charge in [0.2, 0.25) is 0 Å². The number of hydrogen-bond donors (Lipinski definition) is 1. The number of H-pyrrole nitrogens is 1. The maximum absolute atomic E-state index is 5.55. The third kappa shape index (κ3) is 3.09. The van der Waals surface area contributed by atoms with Crippen LogP contribution in [0.1, 0.15) is 37.1 Å². The van der Waals surface area contributed by atoms with Crippen LogP contribution >= 0.6 is 0 Å². The minimum absolute atomic E-state index is 0.494. The predicted molar refractivity (Wildman–Crippen MR) is 98.8 cm³/mol. The molecule has 1 aliphatic rings. The Morgan fingerprint density at radius 3 is 2.76 bits per heavy atom. The first-order valence-corrected chi connectivity index (χ1v) is 8.76. The number of fused-ring (bicyclic) bond motifs is 1. The van der Waals surface area contributed by atoms with Crippen molar-refractivity contribution in [2.24, 2.45) is 0 Å². The lowest BCUT2D eigenvalue weighted by atomic mass is 10.0. The van der Waals surface area contributed by atoms with Crippen molar-refractivity contribution < 1.29 is 4.74 Å². The molecule has 1 fully saturated rings. The standard InChI is InChI=1S/C19H23N5O/c1-4-25-11-14-9-15(13-7-8-16(20-10-13)24(2)3)17-18(12-5-6-12)22-23-19(17)21-14/h7-10,12H,4-6,11H2,1-3H3,(H,21,22,23). The van der Waals surface area contributed by atoms with E-state index in [1.807, 2.05) is 38.2 Å². The molecule has 1 saturated carbocycles. The highest BCUT2D eigenvalue weighted by Gasteiger charge is 2.29. The molecule has 130 valence electrons. The second-order valence-corrected chi connectivity index (χ2v) is 6.71. The molecule has 0 saturated heterocycles. The number of anilines is 1. The Morgan fingerprint density at radius 1 is 1.28 bits per heavy atom. The van der Waals surface area contributed by atoms with Crippen LogP contribution in [0.3, 0.4) is 0 Å². The largest absolute Gasteiger partial charge is 0.375 e. The molecular formula is C19H23N5O. The van der Waals surface area contributed by atoms with Gasteiger partial charge in [0.15, 0.2) is 5.65 Å². The summed E-state index contributed by atoms with van der Waals surface area (Å²) < 4.78 is 5.55. The molecular weight excluding hydrogens is 314 g/mol. The third-order valence-corrected chi connectivity index (χ3v) is 4.56. The van der Waals surface area contributed by atoms with Gasteiger partial charge in [-0.3, -0.25) is 5.10 Å². The summed E-state index contributed by atoms with van der Waals surface area (Å²) in [6.07, 6.45) is 4.36. The fourth-order valence-electron chi connectivity index (χ4n) is 3.08. The average molecular weight is 337 g/mol. The first-order valence-electron chi connectivity index (χ1n) is 8.76. The Bertz CT molecular complexity index is 881. The number of hydrogen-bond acceptors (Lipinski definition) is 5. The van der Waals surface area contributed by atoms with E-state index < -0.39 is 0 Å². The highest BCUT2D eigenvalue weighted by Crippen LogP contribution is 2.44. The molecule has 0 bridgehead atoms. The van der Waals surface area contributed by atoms with Crippen molar-refractivity contribution in [2.75, 3.05) is 25.6 Å². The molecule has 25 heavy (non-hydrogen) atoms. The van der Waals surface area contributed by atoms with Crippen molar-refractivity contribution in [3.8, 4) is 11.1 Å². The van der Waals surface area contributed by atoms with Crippen LogP contribution in [0.25, 0.3) is 22.2 Å². The summed E-state index contributed by atoms with van der Waals surface area (Å²) in [6, 6.07) is 6.28. The molecule has 0 aliphatic heterocycles. The highest BCUT2D eigenvalue weighted by atomic mass is 16.5. The summed E-state index contributed by atoms with van der Waals surface area (Å²) in [5.74, 6) is 1.52. The Balaban J connectivity index is 1.84. The molecule has 1 N–H and O–H groups in total. The average Bonchev–Trinajstić information content (AvgIpc) is 3.38. The smallest absolute Gasteiger partial charge is 0.182 e. The van der Waals surface area contributed by atoms with Crippen LogP contribution in [0.15, 0.2) is 24.4 Å². The van der Waals surface area contributed by atoms with Crippen LogP contribution in [0.5, 0.6) is 0 Å². The van der Waals surface area contributed by atoms with E-state index in [-0.39, 0.29) is 0 Å². The Labute approximate surface area is 147 Å². The number of aromatic amines is 1. The van der Waals surface area contributed by atoms with Gasteiger partial charge in [0.05, 0.1) is 17.7 Å². The summed E-state index contributed by atoms with van der Waals surface area (Å²) in [4.78, 5) is 11.3. The number of ether oxygens (including phenoxy) is 1. The Morgan fingerprint density at radius 2 is 2.12 bits per heavy atom. The van der Waals surface area contributed by atoms with Gasteiger partial charge < -0.3 is 9.64 Å². The second kappa shape index (κ2) is 6.44. The van der Waals surface area contributed by atoms with E-state index >= 15 is 0 Å². The summed E-state index contributed by atoms with van der Waals surface area (Å²) in [6.45, 7) is 3.15. The lowest BCUT2D eigenvalue weighted by Crippen LogP contribution is -2.10. The highest BCUT2D eigenvalue weighted by molar-refractivity contribution is 5.95. The maximum atomic E-state index is 5.55.